The third kappa shape index (κ3) is 3.32. The Morgan fingerprint density at radius 1 is 1.14 bits per heavy atom. The van der Waals surface area contributed by atoms with E-state index < -0.39 is 0 Å². The monoisotopic (exact) mass is 297 g/mol. The number of hydrogen-bond donors (Lipinski definition) is 1. The molecule has 22 heavy (non-hydrogen) atoms. The molecule has 5 nitrogen and oxygen atoms in total. The predicted molar refractivity (Wildman–Crippen MR) is 85.3 cm³/mol. The van der Waals surface area contributed by atoms with E-state index >= 15 is 0 Å². The summed E-state index contributed by atoms with van der Waals surface area (Å²) in [6, 6.07) is 17.2. The quantitative estimate of drug-likeness (QED) is 0.696. The van der Waals surface area contributed by atoms with E-state index in [4.69, 9.17) is 0 Å². The van der Waals surface area contributed by atoms with Gasteiger partial charge in [0.1, 0.15) is 0 Å². The highest BCUT2D eigenvalue weighted by atomic mass is 16.6. The van der Waals surface area contributed by atoms with Crippen LogP contribution in [0.1, 0.15) is 23.7 Å². The largest absolute Gasteiger partial charge is 0.298 e. The van der Waals surface area contributed by atoms with Crippen molar-refractivity contribution in [1.82, 2.24) is 10.2 Å². The topological polar surface area (TPSA) is 58.4 Å². The van der Waals surface area contributed by atoms with E-state index in [-0.39, 0.29) is 16.8 Å². The molecule has 0 spiro atoms. The maximum Gasteiger partial charge on any atom is 0.269 e. The molecular formula is C17H19N3O2. The van der Waals surface area contributed by atoms with Crippen molar-refractivity contribution in [3.8, 4) is 0 Å². The Morgan fingerprint density at radius 3 is 2.55 bits per heavy atom. The first-order chi connectivity index (χ1) is 10.7. The van der Waals surface area contributed by atoms with Gasteiger partial charge in [-0.15, -0.1) is 0 Å². The fraction of sp³-hybridized carbons (Fsp3) is 0.294. The Balaban J connectivity index is 1.78. The van der Waals surface area contributed by atoms with E-state index in [9.17, 15) is 10.1 Å². The molecule has 0 bridgehead atoms. The highest BCUT2D eigenvalue weighted by molar-refractivity contribution is 5.34. The van der Waals surface area contributed by atoms with Crippen molar-refractivity contribution in [3.05, 3.63) is 75.8 Å². The fourth-order valence-electron chi connectivity index (χ4n) is 2.87. The summed E-state index contributed by atoms with van der Waals surface area (Å²) < 4.78 is 0. The normalized spacial score (nSPS) is 19.0. The summed E-state index contributed by atoms with van der Waals surface area (Å²) in [4.78, 5) is 12.8. The highest BCUT2D eigenvalue weighted by Crippen LogP contribution is 2.25. The van der Waals surface area contributed by atoms with Crippen LogP contribution < -0.4 is 5.32 Å². The van der Waals surface area contributed by atoms with E-state index in [1.165, 1.54) is 5.56 Å². The van der Waals surface area contributed by atoms with E-state index in [0.717, 1.165) is 31.6 Å². The van der Waals surface area contributed by atoms with Gasteiger partial charge in [-0.05, 0) is 36.2 Å². The Morgan fingerprint density at radius 2 is 1.86 bits per heavy atom. The molecule has 0 radical (unpaired) electrons. The van der Waals surface area contributed by atoms with Crippen molar-refractivity contribution < 1.29 is 4.92 Å². The van der Waals surface area contributed by atoms with Crippen LogP contribution in [0.5, 0.6) is 0 Å². The zero-order valence-electron chi connectivity index (χ0n) is 12.3. The van der Waals surface area contributed by atoms with Crippen molar-refractivity contribution in [2.75, 3.05) is 13.1 Å². The molecule has 0 amide bonds. The number of hydrogen-bond acceptors (Lipinski definition) is 4. The van der Waals surface area contributed by atoms with E-state index in [0.29, 0.717) is 0 Å². The molecule has 1 aliphatic heterocycles. The average molecular weight is 297 g/mol. The molecule has 0 aromatic heterocycles. The highest BCUT2D eigenvalue weighted by Gasteiger charge is 2.23. The Hall–Kier alpha value is -2.24. The van der Waals surface area contributed by atoms with Crippen LogP contribution in [0, 0.1) is 10.1 Å². The molecule has 2 aromatic carbocycles. The minimum Gasteiger partial charge on any atom is -0.298 e. The lowest BCUT2D eigenvalue weighted by atomic mass is 10.1. The molecule has 114 valence electrons. The second kappa shape index (κ2) is 6.68. The van der Waals surface area contributed by atoms with Crippen LogP contribution in [0.2, 0.25) is 0 Å². The minimum atomic E-state index is -0.361. The zero-order valence-corrected chi connectivity index (χ0v) is 12.3. The standard InChI is InChI=1S/C17H19N3O2/c21-20(22)16-9-7-15(8-10-16)17-18-11-4-12-19(17)13-14-5-2-1-3-6-14/h1-3,5-10,17-18H,4,11-13H2/t17-/m1/s1. The lowest BCUT2D eigenvalue weighted by Crippen LogP contribution is -2.44. The Bertz CT molecular complexity index is 628. The number of nitro benzene ring substituents is 1. The molecule has 5 heteroatoms. The summed E-state index contributed by atoms with van der Waals surface area (Å²) in [5.74, 6) is 0. The first-order valence-corrected chi connectivity index (χ1v) is 7.50. The number of non-ortho nitro benzene ring substituents is 1. The number of nitrogens with zero attached hydrogens (tertiary/aromatic N) is 2. The molecule has 1 fully saturated rings. The van der Waals surface area contributed by atoms with Gasteiger partial charge in [-0.25, -0.2) is 0 Å². The number of benzene rings is 2. The van der Waals surface area contributed by atoms with Gasteiger partial charge in [-0.1, -0.05) is 30.3 Å². The first-order valence-electron chi connectivity index (χ1n) is 7.50. The van der Waals surface area contributed by atoms with Gasteiger partial charge in [0.2, 0.25) is 0 Å². The van der Waals surface area contributed by atoms with E-state index in [1.54, 1.807) is 12.1 Å². The number of rotatable bonds is 4. The van der Waals surface area contributed by atoms with Gasteiger partial charge in [0, 0.05) is 25.2 Å². The minimum absolute atomic E-state index is 0.106. The number of nitro groups is 1. The summed E-state index contributed by atoms with van der Waals surface area (Å²) in [7, 11) is 0. The smallest absolute Gasteiger partial charge is 0.269 e. The third-order valence-electron chi connectivity index (χ3n) is 3.97. The second-order valence-corrected chi connectivity index (χ2v) is 5.51. The van der Waals surface area contributed by atoms with Crippen LogP contribution in [0.25, 0.3) is 0 Å². The Labute approximate surface area is 129 Å². The van der Waals surface area contributed by atoms with Crippen molar-refractivity contribution >= 4 is 5.69 Å². The van der Waals surface area contributed by atoms with Gasteiger partial charge >= 0.3 is 0 Å². The van der Waals surface area contributed by atoms with Gasteiger partial charge in [-0.3, -0.25) is 20.3 Å². The molecule has 3 rings (SSSR count). The fourth-order valence-corrected chi connectivity index (χ4v) is 2.87. The Kier molecular flexibility index (Phi) is 4.46. The molecule has 0 saturated carbocycles. The van der Waals surface area contributed by atoms with E-state index in [1.807, 2.05) is 30.3 Å². The molecule has 1 heterocycles. The maximum absolute atomic E-state index is 10.8. The first kappa shape index (κ1) is 14.7. The molecule has 1 aliphatic rings. The van der Waals surface area contributed by atoms with Crippen LogP contribution in [-0.4, -0.2) is 22.9 Å². The van der Waals surface area contributed by atoms with Crippen molar-refractivity contribution in [2.45, 2.75) is 19.1 Å². The lowest BCUT2D eigenvalue weighted by molar-refractivity contribution is -0.384. The maximum atomic E-state index is 10.8. The van der Waals surface area contributed by atoms with Gasteiger partial charge in [0.15, 0.2) is 0 Å². The van der Waals surface area contributed by atoms with Crippen molar-refractivity contribution in [3.63, 3.8) is 0 Å². The summed E-state index contributed by atoms with van der Waals surface area (Å²) in [5.41, 5.74) is 2.48. The van der Waals surface area contributed by atoms with Gasteiger partial charge < -0.3 is 0 Å². The van der Waals surface area contributed by atoms with Crippen LogP contribution >= 0.6 is 0 Å². The predicted octanol–water partition coefficient (Wildman–Crippen LogP) is 3.09. The van der Waals surface area contributed by atoms with Gasteiger partial charge in [-0.2, -0.15) is 0 Å². The van der Waals surface area contributed by atoms with Crippen molar-refractivity contribution in [2.24, 2.45) is 0 Å². The lowest BCUT2D eigenvalue weighted by Gasteiger charge is -2.36. The summed E-state index contributed by atoms with van der Waals surface area (Å²) >= 11 is 0. The summed E-state index contributed by atoms with van der Waals surface area (Å²) in [6.07, 6.45) is 1.21. The molecule has 1 N–H and O–H groups in total. The SMILES string of the molecule is O=[N+]([O-])c1ccc([C@@H]2NCCCN2Cc2ccccc2)cc1. The van der Waals surface area contributed by atoms with E-state index in [2.05, 4.69) is 22.3 Å². The second-order valence-electron chi connectivity index (χ2n) is 5.51. The molecular weight excluding hydrogens is 278 g/mol. The molecule has 0 unspecified atom stereocenters. The van der Waals surface area contributed by atoms with Crippen LogP contribution in [0.15, 0.2) is 54.6 Å². The molecule has 0 aliphatic carbocycles. The summed E-state index contributed by atoms with van der Waals surface area (Å²) in [5, 5.41) is 14.3. The van der Waals surface area contributed by atoms with Crippen molar-refractivity contribution in [1.29, 1.82) is 0 Å². The van der Waals surface area contributed by atoms with Crippen LogP contribution in [-0.2, 0) is 6.54 Å². The number of nitrogens with one attached hydrogen (secondary N) is 1. The average Bonchev–Trinajstić information content (AvgIpc) is 2.56. The third-order valence-corrected chi connectivity index (χ3v) is 3.97. The molecule has 1 saturated heterocycles. The summed E-state index contributed by atoms with van der Waals surface area (Å²) in [6.45, 7) is 2.85. The van der Waals surface area contributed by atoms with Gasteiger partial charge in [0.05, 0.1) is 11.1 Å². The van der Waals surface area contributed by atoms with Crippen LogP contribution in [0.3, 0.4) is 0 Å². The van der Waals surface area contributed by atoms with Gasteiger partial charge in [0.25, 0.3) is 5.69 Å². The van der Waals surface area contributed by atoms with Crippen LogP contribution in [0.4, 0.5) is 5.69 Å². The zero-order chi connectivity index (χ0) is 15.4. The molecule has 1 atom stereocenters. The molecule has 2 aromatic rings.